The van der Waals surface area contributed by atoms with Crippen LogP contribution in [0.25, 0.3) is 0 Å². The summed E-state index contributed by atoms with van der Waals surface area (Å²) in [6.07, 6.45) is 3.23. The normalized spacial score (nSPS) is 15.8. The fourth-order valence-electron chi connectivity index (χ4n) is 1.97. The standard InChI is InChI=1S/C12H14BrFN2O3S/c13-8-4-9(11(14)10(5-8)20(15,18)19)12(17)16-6-7-2-1-3-7/h4-5,7H,1-3,6H2,(H,16,17)(H2,15,18,19). The number of amides is 1. The molecule has 2 rings (SSSR count). The van der Waals surface area contributed by atoms with Crippen LogP contribution in [0.3, 0.4) is 0 Å². The molecule has 0 aromatic heterocycles. The van der Waals surface area contributed by atoms with E-state index in [1.165, 1.54) is 6.07 Å². The Morgan fingerprint density at radius 3 is 2.60 bits per heavy atom. The Balaban J connectivity index is 2.26. The SMILES string of the molecule is NS(=O)(=O)c1cc(Br)cc(C(=O)NCC2CCC2)c1F. The highest BCUT2D eigenvalue weighted by Crippen LogP contribution is 2.26. The van der Waals surface area contributed by atoms with Crippen molar-refractivity contribution in [2.24, 2.45) is 11.1 Å². The first kappa shape index (κ1) is 15.4. The number of benzene rings is 1. The molecule has 0 aliphatic heterocycles. The molecule has 0 radical (unpaired) electrons. The molecule has 0 unspecified atom stereocenters. The smallest absolute Gasteiger partial charge is 0.254 e. The van der Waals surface area contributed by atoms with Gasteiger partial charge in [0, 0.05) is 11.0 Å². The molecule has 1 aliphatic rings. The Labute approximate surface area is 124 Å². The predicted octanol–water partition coefficient (Wildman–Crippen LogP) is 1.77. The molecule has 1 aliphatic carbocycles. The molecule has 3 N–H and O–H groups in total. The van der Waals surface area contributed by atoms with E-state index in [2.05, 4.69) is 21.2 Å². The van der Waals surface area contributed by atoms with Crippen molar-refractivity contribution in [1.82, 2.24) is 5.32 Å². The van der Waals surface area contributed by atoms with Gasteiger partial charge in [0.25, 0.3) is 5.91 Å². The van der Waals surface area contributed by atoms with Gasteiger partial charge < -0.3 is 5.32 Å². The highest BCUT2D eigenvalue weighted by Gasteiger charge is 2.24. The number of hydrogen-bond acceptors (Lipinski definition) is 3. The number of nitrogens with two attached hydrogens (primary N) is 1. The summed E-state index contributed by atoms with van der Waals surface area (Å²) in [5, 5.41) is 7.54. The van der Waals surface area contributed by atoms with E-state index in [0.29, 0.717) is 12.5 Å². The Bertz CT molecular complexity index is 644. The lowest BCUT2D eigenvalue weighted by atomic mass is 9.85. The van der Waals surface area contributed by atoms with E-state index < -0.39 is 26.6 Å². The molecule has 0 bridgehead atoms. The van der Waals surface area contributed by atoms with Crippen molar-refractivity contribution < 1.29 is 17.6 Å². The second kappa shape index (κ2) is 5.79. The molecule has 20 heavy (non-hydrogen) atoms. The molecule has 5 nitrogen and oxygen atoms in total. The number of rotatable bonds is 4. The van der Waals surface area contributed by atoms with Crippen LogP contribution in [-0.4, -0.2) is 20.9 Å². The zero-order valence-corrected chi connectivity index (χ0v) is 12.9. The summed E-state index contributed by atoms with van der Waals surface area (Å²) in [6.45, 7) is 0.468. The molecule has 1 fully saturated rings. The van der Waals surface area contributed by atoms with Gasteiger partial charge in [0.1, 0.15) is 4.90 Å². The number of carbonyl (C=O) groups is 1. The molecular weight excluding hydrogens is 351 g/mol. The minimum atomic E-state index is -4.22. The average molecular weight is 365 g/mol. The van der Waals surface area contributed by atoms with E-state index in [4.69, 9.17) is 5.14 Å². The number of sulfonamides is 1. The van der Waals surface area contributed by atoms with Crippen molar-refractivity contribution in [3.05, 3.63) is 28.0 Å². The lowest BCUT2D eigenvalue weighted by Gasteiger charge is -2.25. The summed E-state index contributed by atoms with van der Waals surface area (Å²) in [7, 11) is -4.22. The molecule has 0 atom stereocenters. The first-order valence-corrected chi connectivity index (χ1v) is 8.43. The Hall–Kier alpha value is -0.990. The van der Waals surface area contributed by atoms with Crippen molar-refractivity contribution in [3.8, 4) is 0 Å². The van der Waals surface area contributed by atoms with Crippen molar-refractivity contribution >= 4 is 31.9 Å². The molecule has 1 aromatic carbocycles. The summed E-state index contributed by atoms with van der Waals surface area (Å²) in [6, 6.07) is 2.27. The maximum absolute atomic E-state index is 14.1. The van der Waals surface area contributed by atoms with Gasteiger partial charge in [-0.1, -0.05) is 22.4 Å². The molecule has 0 spiro atoms. The third-order valence-corrected chi connectivity index (χ3v) is 4.70. The van der Waals surface area contributed by atoms with Crippen LogP contribution in [0, 0.1) is 11.7 Å². The first-order valence-electron chi connectivity index (χ1n) is 6.09. The molecule has 1 saturated carbocycles. The highest BCUT2D eigenvalue weighted by atomic mass is 79.9. The van der Waals surface area contributed by atoms with Gasteiger partial charge in [-0.25, -0.2) is 17.9 Å². The number of hydrogen-bond donors (Lipinski definition) is 2. The van der Waals surface area contributed by atoms with Gasteiger partial charge in [-0.05, 0) is 30.9 Å². The molecule has 1 amide bonds. The summed E-state index contributed by atoms with van der Waals surface area (Å²) < 4.78 is 36.9. The highest BCUT2D eigenvalue weighted by molar-refractivity contribution is 9.10. The molecule has 8 heteroatoms. The van der Waals surface area contributed by atoms with Crippen LogP contribution in [0.2, 0.25) is 0 Å². The van der Waals surface area contributed by atoms with E-state index >= 15 is 0 Å². The fourth-order valence-corrected chi connectivity index (χ4v) is 3.23. The number of carbonyl (C=O) groups excluding carboxylic acids is 1. The monoisotopic (exact) mass is 364 g/mol. The Morgan fingerprint density at radius 2 is 2.10 bits per heavy atom. The summed E-state index contributed by atoms with van der Waals surface area (Å²) >= 11 is 3.05. The quantitative estimate of drug-likeness (QED) is 0.852. The van der Waals surface area contributed by atoms with Crippen molar-refractivity contribution in [1.29, 1.82) is 0 Å². The molecule has 1 aromatic rings. The second-order valence-electron chi connectivity index (χ2n) is 4.82. The Kier molecular flexibility index (Phi) is 4.46. The maximum Gasteiger partial charge on any atom is 0.254 e. The predicted molar refractivity (Wildman–Crippen MR) is 75.1 cm³/mol. The second-order valence-corrected chi connectivity index (χ2v) is 7.26. The number of primary sulfonamides is 1. The van der Waals surface area contributed by atoms with Crippen LogP contribution in [-0.2, 0) is 10.0 Å². The fraction of sp³-hybridized carbons (Fsp3) is 0.417. The van der Waals surface area contributed by atoms with Crippen LogP contribution in [0.4, 0.5) is 4.39 Å². The van der Waals surface area contributed by atoms with Gasteiger partial charge in [0.15, 0.2) is 5.82 Å². The summed E-state index contributed by atoms with van der Waals surface area (Å²) in [5.74, 6) is -1.34. The largest absolute Gasteiger partial charge is 0.352 e. The van der Waals surface area contributed by atoms with Gasteiger partial charge in [0.05, 0.1) is 5.56 Å². The molecule has 0 saturated heterocycles. The molecule has 110 valence electrons. The zero-order valence-electron chi connectivity index (χ0n) is 10.5. The molecular formula is C12H14BrFN2O3S. The van der Waals surface area contributed by atoms with Crippen molar-refractivity contribution in [2.75, 3.05) is 6.54 Å². The maximum atomic E-state index is 14.1. The number of nitrogens with one attached hydrogen (secondary N) is 1. The van der Waals surface area contributed by atoms with Gasteiger partial charge in [-0.2, -0.15) is 0 Å². The minimum Gasteiger partial charge on any atom is -0.352 e. The summed E-state index contributed by atoms with van der Waals surface area (Å²) in [5.41, 5.74) is -0.331. The van der Waals surface area contributed by atoms with Gasteiger partial charge in [-0.3, -0.25) is 4.79 Å². The zero-order chi connectivity index (χ0) is 14.9. The van der Waals surface area contributed by atoms with Crippen LogP contribution >= 0.6 is 15.9 Å². The van der Waals surface area contributed by atoms with Crippen molar-refractivity contribution in [3.63, 3.8) is 0 Å². The third kappa shape index (κ3) is 3.36. The lowest BCUT2D eigenvalue weighted by Crippen LogP contribution is -2.33. The summed E-state index contributed by atoms with van der Waals surface area (Å²) in [4.78, 5) is 11.2. The van der Waals surface area contributed by atoms with Crippen LogP contribution in [0.15, 0.2) is 21.5 Å². The van der Waals surface area contributed by atoms with Gasteiger partial charge in [-0.15, -0.1) is 0 Å². The minimum absolute atomic E-state index is 0.275. The first-order chi connectivity index (χ1) is 9.29. The van der Waals surface area contributed by atoms with Gasteiger partial charge >= 0.3 is 0 Å². The van der Waals surface area contributed by atoms with E-state index in [-0.39, 0.29) is 10.0 Å². The topological polar surface area (TPSA) is 89.3 Å². The van der Waals surface area contributed by atoms with Gasteiger partial charge in [0.2, 0.25) is 10.0 Å². The van der Waals surface area contributed by atoms with Crippen LogP contribution in [0.5, 0.6) is 0 Å². The lowest BCUT2D eigenvalue weighted by molar-refractivity contribution is 0.0934. The van der Waals surface area contributed by atoms with E-state index in [9.17, 15) is 17.6 Å². The van der Waals surface area contributed by atoms with E-state index in [1.807, 2.05) is 0 Å². The third-order valence-electron chi connectivity index (χ3n) is 3.33. The van der Waals surface area contributed by atoms with Crippen LogP contribution in [0.1, 0.15) is 29.6 Å². The van der Waals surface area contributed by atoms with Crippen molar-refractivity contribution in [2.45, 2.75) is 24.2 Å². The van der Waals surface area contributed by atoms with E-state index in [0.717, 1.165) is 25.3 Å². The number of halogens is 2. The van der Waals surface area contributed by atoms with Crippen LogP contribution < -0.4 is 10.5 Å². The molecule has 0 heterocycles. The van der Waals surface area contributed by atoms with E-state index in [1.54, 1.807) is 0 Å². The Morgan fingerprint density at radius 1 is 1.45 bits per heavy atom. The average Bonchev–Trinajstić information content (AvgIpc) is 2.28.